The fourth-order valence-electron chi connectivity index (χ4n) is 2.94. The Morgan fingerprint density at radius 1 is 1.15 bits per heavy atom. The fourth-order valence-corrected chi connectivity index (χ4v) is 2.94. The van der Waals surface area contributed by atoms with Crippen LogP contribution in [0.15, 0.2) is 30.3 Å². The Balaban J connectivity index is 0.00000338. The van der Waals surface area contributed by atoms with Crippen molar-refractivity contribution in [2.75, 3.05) is 19.6 Å². The van der Waals surface area contributed by atoms with E-state index >= 15 is 0 Å². The van der Waals surface area contributed by atoms with E-state index in [2.05, 4.69) is 39.8 Å². The lowest BCUT2D eigenvalue weighted by Gasteiger charge is -2.32. The normalized spacial score (nSPS) is 16.0. The summed E-state index contributed by atoms with van der Waals surface area (Å²) in [6, 6.07) is 10.0. The van der Waals surface area contributed by atoms with Crippen LogP contribution in [0.2, 0.25) is 0 Å². The molecular formula is C19H32Cl2N4O2. The van der Waals surface area contributed by atoms with Crippen molar-refractivity contribution in [1.29, 1.82) is 0 Å². The van der Waals surface area contributed by atoms with Crippen LogP contribution in [-0.4, -0.2) is 48.4 Å². The van der Waals surface area contributed by atoms with E-state index in [1.165, 1.54) is 5.56 Å². The second-order valence-corrected chi connectivity index (χ2v) is 7.09. The molecule has 1 fully saturated rings. The van der Waals surface area contributed by atoms with Gasteiger partial charge < -0.3 is 16.4 Å². The Bertz CT molecular complexity index is 564. The minimum Gasteiger partial charge on any atom is -0.352 e. The molecule has 0 bridgehead atoms. The molecule has 2 rings (SSSR count). The van der Waals surface area contributed by atoms with Crippen LogP contribution in [0.4, 0.5) is 0 Å². The van der Waals surface area contributed by atoms with Crippen molar-refractivity contribution in [2.24, 2.45) is 11.7 Å². The number of hydrogen-bond donors (Lipinski definition) is 3. The third kappa shape index (κ3) is 8.93. The van der Waals surface area contributed by atoms with Crippen molar-refractivity contribution < 1.29 is 9.59 Å². The van der Waals surface area contributed by atoms with Crippen molar-refractivity contribution in [1.82, 2.24) is 15.5 Å². The Morgan fingerprint density at radius 3 is 2.30 bits per heavy atom. The largest absolute Gasteiger partial charge is 0.352 e. The van der Waals surface area contributed by atoms with Crippen molar-refractivity contribution in [3.63, 3.8) is 0 Å². The number of halogens is 2. The average Bonchev–Trinajstić information content (AvgIpc) is 2.61. The lowest BCUT2D eigenvalue weighted by atomic mass is 10.0. The number of nitrogens with two attached hydrogens (primary N) is 1. The number of amides is 2. The van der Waals surface area contributed by atoms with Crippen molar-refractivity contribution in [2.45, 2.75) is 45.3 Å². The molecular weight excluding hydrogens is 387 g/mol. The first-order valence-corrected chi connectivity index (χ1v) is 9.04. The highest BCUT2D eigenvalue weighted by Crippen LogP contribution is 2.13. The Labute approximate surface area is 174 Å². The zero-order chi connectivity index (χ0) is 18.2. The summed E-state index contributed by atoms with van der Waals surface area (Å²) in [6.45, 7) is 6.63. The highest BCUT2D eigenvalue weighted by atomic mass is 35.5. The number of rotatable bonds is 7. The van der Waals surface area contributed by atoms with Gasteiger partial charge in [0.1, 0.15) is 0 Å². The van der Waals surface area contributed by atoms with Gasteiger partial charge in [-0.3, -0.25) is 14.5 Å². The number of nitrogens with zero attached hydrogens (tertiary/aromatic N) is 1. The predicted molar refractivity (Wildman–Crippen MR) is 113 cm³/mol. The molecule has 1 saturated heterocycles. The average molecular weight is 419 g/mol. The zero-order valence-corrected chi connectivity index (χ0v) is 17.7. The molecule has 0 radical (unpaired) electrons. The summed E-state index contributed by atoms with van der Waals surface area (Å²) in [4.78, 5) is 26.2. The second kappa shape index (κ2) is 12.9. The van der Waals surface area contributed by atoms with Gasteiger partial charge >= 0.3 is 0 Å². The summed E-state index contributed by atoms with van der Waals surface area (Å²) >= 11 is 0. The van der Waals surface area contributed by atoms with Gasteiger partial charge in [0.05, 0.1) is 12.6 Å². The van der Waals surface area contributed by atoms with E-state index in [0.717, 1.165) is 32.5 Å². The van der Waals surface area contributed by atoms with Crippen LogP contribution in [0.3, 0.4) is 0 Å². The number of nitrogens with one attached hydrogen (secondary N) is 2. The van der Waals surface area contributed by atoms with Gasteiger partial charge in [0.15, 0.2) is 0 Å². The third-order valence-corrected chi connectivity index (χ3v) is 4.65. The standard InChI is InChI=1S/C19H30N4O2.2ClH/c1-14(2)18(20)19(25)21-12-17(24)22-16-8-10-23(11-9-16)13-15-6-4-3-5-7-15;;/h3-7,14,16,18H,8-13,20H2,1-2H3,(H,21,25)(H,22,24);2*1H/t18-;;/m0../s1. The number of carbonyl (C=O) groups excluding carboxylic acids is 2. The highest BCUT2D eigenvalue weighted by molar-refractivity contribution is 5.87. The highest BCUT2D eigenvalue weighted by Gasteiger charge is 2.22. The molecule has 0 unspecified atom stereocenters. The molecule has 1 heterocycles. The number of piperidine rings is 1. The molecule has 1 aliphatic heterocycles. The monoisotopic (exact) mass is 418 g/mol. The van der Waals surface area contributed by atoms with Gasteiger partial charge in [-0.15, -0.1) is 24.8 Å². The van der Waals surface area contributed by atoms with Crippen LogP contribution in [0.1, 0.15) is 32.3 Å². The first-order chi connectivity index (χ1) is 12.0. The number of likely N-dealkylation sites (tertiary alicyclic amines) is 1. The molecule has 0 aliphatic carbocycles. The molecule has 4 N–H and O–H groups in total. The number of benzene rings is 1. The maximum Gasteiger partial charge on any atom is 0.239 e. The minimum absolute atomic E-state index is 0. The first kappa shape index (κ1) is 25.7. The molecule has 2 amide bonds. The molecule has 0 aromatic heterocycles. The maximum absolute atomic E-state index is 12.0. The molecule has 6 nitrogen and oxygen atoms in total. The fraction of sp³-hybridized carbons (Fsp3) is 0.579. The van der Waals surface area contributed by atoms with Crippen LogP contribution in [0.5, 0.6) is 0 Å². The van der Waals surface area contributed by atoms with E-state index in [-0.39, 0.29) is 55.1 Å². The lowest BCUT2D eigenvalue weighted by molar-refractivity contribution is -0.127. The molecule has 27 heavy (non-hydrogen) atoms. The van der Waals surface area contributed by atoms with Crippen LogP contribution >= 0.6 is 24.8 Å². The van der Waals surface area contributed by atoms with E-state index in [9.17, 15) is 9.59 Å². The Morgan fingerprint density at radius 2 is 1.74 bits per heavy atom. The molecule has 1 aliphatic rings. The van der Waals surface area contributed by atoms with Gasteiger partial charge in [0.2, 0.25) is 11.8 Å². The summed E-state index contributed by atoms with van der Waals surface area (Å²) in [5, 5.41) is 5.61. The van der Waals surface area contributed by atoms with E-state index < -0.39 is 6.04 Å². The molecule has 154 valence electrons. The van der Waals surface area contributed by atoms with Gasteiger partial charge in [0.25, 0.3) is 0 Å². The van der Waals surface area contributed by atoms with Crippen molar-refractivity contribution in [3.05, 3.63) is 35.9 Å². The van der Waals surface area contributed by atoms with Crippen molar-refractivity contribution in [3.8, 4) is 0 Å². The number of hydrogen-bond acceptors (Lipinski definition) is 4. The first-order valence-electron chi connectivity index (χ1n) is 9.04. The van der Waals surface area contributed by atoms with Gasteiger partial charge in [-0.05, 0) is 24.3 Å². The van der Waals surface area contributed by atoms with Crippen LogP contribution in [0.25, 0.3) is 0 Å². The quantitative estimate of drug-likeness (QED) is 0.628. The smallest absolute Gasteiger partial charge is 0.239 e. The van der Waals surface area contributed by atoms with Gasteiger partial charge in [-0.1, -0.05) is 44.2 Å². The topological polar surface area (TPSA) is 87.5 Å². The van der Waals surface area contributed by atoms with Gasteiger partial charge in [-0.25, -0.2) is 0 Å². The van der Waals surface area contributed by atoms with Crippen LogP contribution < -0.4 is 16.4 Å². The van der Waals surface area contributed by atoms with Crippen LogP contribution in [-0.2, 0) is 16.1 Å². The van der Waals surface area contributed by atoms with E-state index in [0.29, 0.717) is 0 Å². The Hall–Kier alpha value is -1.34. The van der Waals surface area contributed by atoms with E-state index in [4.69, 9.17) is 5.73 Å². The third-order valence-electron chi connectivity index (χ3n) is 4.65. The number of carbonyl (C=O) groups is 2. The maximum atomic E-state index is 12.0. The van der Waals surface area contributed by atoms with E-state index in [1.54, 1.807) is 0 Å². The van der Waals surface area contributed by atoms with Gasteiger partial charge in [0, 0.05) is 25.7 Å². The molecule has 1 aromatic carbocycles. The van der Waals surface area contributed by atoms with E-state index in [1.807, 2.05) is 19.9 Å². The summed E-state index contributed by atoms with van der Waals surface area (Å²) in [5.74, 6) is -0.370. The predicted octanol–water partition coefficient (Wildman–Crippen LogP) is 1.71. The second-order valence-electron chi connectivity index (χ2n) is 7.09. The summed E-state index contributed by atoms with van der Waals surface area (Å²) in [6.07, 6.45) is 1.86. The molecule has 0 spiro atoms. The molecule has 1 aromatic rings. The van der Waals surface area contributed by atoms with Gasteiger partial charge in [-0.2, -0.15) is 0 Å². The van der Waals surface area contributed by atoms with Crippen molar-refractivity contribution >= 4 is 36.6 Å². The minimum atomic E-state index is -0.575. The summed E-state index contributed by atoms with van der Waals surface area (Å²) in [7, 11) is 0. The zero-order valence-electron chi connectivity index (χ0n) is 16.0. The Kier molecular flexibility index (Phi) is 12.3. The molecule has 0 saturated carbocycles. The van der Waals surface area contributed by atoms with Crippen LogP contribution in [0, 0.1) is 5.92 Å². The lowest BCUT2D eigenvalue weighted by Crippen LogP contribution is -2.50. The SMILES string of the molecule is CC(C)[C@H](N)C(=O)NCC(=O)NC1CCN(Cc2ccccc2)CC1.Cl.Cl. The molecule has 8 heteroatoms. The summed E-state index contributed by atoms with van der Waals surface area (Å²) in [5.41, 5.74) is 7.07. The summed E-state index contributed by atoms with van der Waals surface area (Å²) < 4.78 is 0. The molecule has 1 atom stereocenters.